The molecule has 18 heavy (non-hydrogen) atoms. The van der Waals surface area contributed by atoms with Crippen LogP contribution in [0.1, 0.15) is 30.3 Å². The number of nitrogens with zero attached hydrogens (tertiary/aromatic N) is 2. The van der Waals surface area contributed by atoms with Crippen molar-refractivity contribution in [3.8, 4) is 0 Å². The molecule has 1 unspecified atom stereocenters. The molecule has 1 aromatic rings. The summed E-state index contributed by atoms with van der Waals surface area (Å²) in [6, 6.07) is 0.411. The zero-order chi connectivity index (χ0) is 13.0. The topological polar surface area (TPSA) is 64.8 Å². The van der Waals surface area contributed by atoms with Crippen molar-refractivity contribution in [3.05, 3.63) is 12.0 Å². The molecule has 100 valence electrons. The molecule has 1 fully saturated rings. The summed E-state index contributed by atoms with van der Waals surface area (Å²) in [5, 5.41) is 0. The smallest absolute Gasteiger partial charge is 0.360 e. The van der Waals surface area contributed by atoms with Crippen molar-refractivity contribution in [2.75, 3.05) is 31.7 Å². The van der Waals surface area contributed by atoms with Gasteiger partial charge in [0.1, 0.15) is 6.26 Å². The van der Waals surface area contributed by atoms with Crippen molar-refractivity contribution in [1.29, 1.82) is 0 Å². The van der Waals surface area contributed by atoms with Gasteiger partial charge in [-0.25, -0.2) is 4.79 Å². The minimum atomic E-state index is -0.460. The van der Waals surface area contributed by atoms with E-state index in [1.54, 1.807) is 6.92 Å². The van der Waals surface area contributed by atoms with E-state index in [1.807, 2.05) is 11.9 Å². The highest BCUT2D eigenvalue weighted by Crippen LogP contribution is 2.17. The minimum Gasteiger partial charge on any atom is -0.461 e. The van der Waals surface area contributed by atoms with Crippen LogP contribution in [-0.2, 0) is 9.47 Å². The van der Waals surface area contributed by atoms with Gasteiger partial charge in [-0.3, -0.25) is 0 Å². The van der Waals surface area contributed by atoms with Gasteiger partial charge in [-0.1, -0.05) is 0 Å². The maximum Gasteiger partial charge on any atom is 0.360 e. The molecule has 0 bridgehead atoms. The van der Waals surface area contributed by atoms with Crippen LogP contribution in [0.3, 0.4) is 0 Å². The molecule has 0 aliphatic carbocycles. The normalized spacial score (nSPS) is 18.9. The van der Waals surface area contributed by atoms with E-state index in [0.717, 1.165) is 19.4 Å². The highest BCUT2D eigenvalue weighted by Gasteiger charge is 2.21. The van der Waals surface area contributed by atoms with Gasteiger partial charge >= 0.3 is 5.97 Å². The van der Waals surface area contributed by atoms with E-state index < -0.39 is 5.97 Å². The molecule has 1 aliphatic heterocycles. The van der Waals surface area contributed by atoms with Crippen LogP contribution in [0, 0.1) is 0 Å². The minimum absolute atomic E-state index is 0.200. The van der Waals surface area contributed by atoms with E-state index in [1.165, 1.54) is 6.26 Å². The second-order valence-corrected chi connectivity index (χ2v) is 4.25. The lowest BCUT2D eigenvalue weighted by atomic mass is 10.2. The van der Waals surface area contributed by atoms with Crippen LogP contribution in [0.5, 0.6) is 0 Å². The van der Waals surface area contributed by atoms with Gasteiger partial charge in [0.05, 0.1) is 12.7 Å². The Bertz CT molecular complexity index is 399. The molecule has 1 aliphatic rings. The molecule has 0 saturated carbocycles. The molecule has 0 N–H and O–H groups in total. The molecule has 0 aromatic carbocycles. The first kappa shape index (κ1) is 12.9. The third kappa shape index (κ3) is 3.01. The van der Waals surface area contributed by atoms with Gasteiger partial charge in [0.15, 0.2) is 5.69 Å². The van der Waals surface area contributed by atoms with Crippen molar-refractivity contribution in [3.63, 3.8) is 0 Å². The van der Waals surface area contributed by atoms with Crippen LogP contribution < -0.4 is 4.90 Å². The first-order valence-corrected chi connectivity index (χ1v) is 6.16. The maximum absolute atomic E-state index is 11.4. The van der Waals surface area contributed by atoms with Crippen LogP contribution in [0.25, 0.3) is 0 Å². The molecule has 1 aromatic heterocycles. The Kier molecular flexibility index (Phi) is 4.19. The fourth-order valence-electron chi connectivity index (χ4n) is 1.91. The average molecular weight is 254 g/mol. The second kappa shape index (κ2) is 5.86. The predicted molar refractivity (Wildman–Crippen MR) is 64.7 cm³/mol. The van der Waals surface area contributed by atoms with Crippen LogP contribution in [-0.4, -0.2) is 43.9 Å². The Morgan fingerprint density at radius 1 is 1.67 bits per heavy atom. The number of carbonyl (C=O) groups excluding carboxylic acids is 1. The molecule has 2 rings (SSSR count). The number of oxazole rings is 1. The van der Waals surface area contributed by atoms with E-state index in [4.69, 9.17) is 13.9 Å². The lowest BCUT2D eigenvalue weighted by Crippen LogP contribution is -2.28. The van der Waals surface area contributed by atoms with Gasteiger partial charge in [0.2, 0.25) is 0 Å². The van der Waals surface area contributed by atoms with Crippen LogP contribution >= 0.6 is 0 Å². The molecule has 2 heterocycles. The summed E-state index contributed by atoms with van der Waals surface area (Å²) >= 11 is 0. The summed E-state index contributed by atoms with van der Waals surface area (Å²) in [5.41, 5.74) is 0.200. The lowest BCUT2D eigenvalue weighted by molar-refractivity contribution is 0.0519. The summed E-state index contributed by atoms with van der Waals surface area (Å²) in [6.45, 7) is 3.61. The van der Waals surface area contributed by atoms with Gasteiger partial charge in [0.25, 0.3) is 6.01 Å². The molecule has 6 heteroatoms. The Morgan fingerprint density at radius 3 is 3.17 bits per heavy atom. The molecule has 6 nitrogen and oxygen atoms in total. The molecule has 1 saturated heterocycles. The zero-order valence-electron chi connectivity index (χ0n) is 10.7. The Labute approximate surface area is 106 Å². The van der Waals surface area contributed by atoms with Gasteiger partial charge < -0.3 is 18.8 Å². The van der Waals surface area contributed by atoms with Gasteiger partial charge in [-0.2, -0.15) is 4.98 Å². The van der Waals surface area contributed by atoms with E-state index in [9.17, 15) is 4.79 Å². The van der Waals surface area contributed by atoms with Crippen LogP contribution in [0.4, 0.5) is 6.01 Å². The Morgan fingerprint density at radius 2 is 2.50 bits per heavy atom. The highest BCUT2D eigenvalue weighted by molar-refractivity contribution is 5.87. The number of ether oxygens (including phenoxy) is 2. The fourth-order valence-corrected chi connectivity index (χ4v) is 1.91. The summed E-state index contributed by atoms with van der Waals surface area (Å²) in [5.74, 6) is -0.460. The molecule has 0 spiro atoms. The van der Waals surface area contributed by atoms with Crippen molar-refractivity contribution >= 4 is 12.0 Å². The number of likely N-dealkylation sites (N-methyl/N-ethyl adjacent to an activating group) is 1. The number of hydrogen-bond donors (Lipinski definition) is 0. The molecule has 0 amide bonds. The van der Waals surface area contributed by atoms with Crippen LogP contribution in [0.2, 0.25) is 0 Å². The van der Waals surface area contributed by atoms with Crippen molar-refractivity contribution in [2.45, 2.75) is 25.9 Å². The molecular weight excluding hydrogens is 236 g/mol. The van der Waals surface area contributed by atoms with E-state index >= 15 is 0 Å². The molecular formula is C12H18N2O4. The van der Waals surface area contributed by atoms with Gasteiger partial charge in [-0.05, 0) is 19.8 Å². The number of carbonyl (C=O) groups is 1. The Hall–Kier alpha value is -1.56. The number of hydrogen-bond acceptors (Lipinski definition) is 6. The zero-order valence-corrected chi connectivity index (χ0v) is 10.7. The summed E-state index contributed by atoms with van der Waals surface area (Å²) in [7, 11) is 1.86. The number of esters is 1. The second-order valence-electron chi connectivity index (χ2n) is 4.25. The summed E-state index contributed by atoms with van der Waals surface area (Å²) in [6.07, 6.45) is 3.68. The third-order valence-corrected chi connectivity index (χ3v) is 2.80. The fraction of sp³-hybridized carbons (Fsp3) is 0.667. The van der Waals surface area contributed by atoms with Crippen LogP contribution in [0.15, 0.2) is 10.7 Å². The number of rotatable bonds is 5. The number of aromatic nitrogens is 1. The first-order valence-electron chi connectivity index (χ1n) is 6.16. The molecule has 0 radical (unpaired) electrons. The standard InChI is InChI=1S/C12H18N2O4/c1-3-16-11(15)10-8-18-12(13-10)14(2)7-9-5-4-6-17-9/h8-9H,3-7H2,1-2H3. The molecule has 1 atom stereocenters. The first-order chi connectivity index (χ1) is 8.70. The van der Waals surface area contributed by atoms with Crippen molar-refractivity contribution in [1.82, 2.24) is 4.98 Å². The van der Waals surface area contributed by atoms with Gasteiger partial charge in [-0.15, -0.1) is 0 Å². The SMILES string of the molecule is CCOC(=O)c1coc(N(C)CC2CCCO2)n1. The van der Waals surface area contributed by atoms with Crippen molar-refractivity contribution in [2.24, 2.45) is 0 Å². The lowest BCUT2D eigenvalue weighted by Gasteiger charge is -2.18. The Balaban J connectivity index is 1.93. The van der Waals surface area contributed by atoms with E-state index in [2.05, 4.69) is 4.98 Å². The van der Waals surface area contributed by atoms with E-state index in [-0.39, 0.29) is 11.8 Å². The largest absolute Gasteiger partial charge is 0.461 e. The number of anilines is 1. The summed E-state index contributed by atoms with van der Waals surface area (Å²) in [4.78, 5) is 17.4. The highest BCUT2D eigenvalue weighted by atomic mass is 16.5. The quantitative estimate of drug-likeness (QED) is 0.741. The third-order valence-electron chi connectivity index (χ3n) is 2.80. The van der Waals surface area contributed by atoms with Crippen molar-refractivity contribution < 1.29 is 18.7 Å². The summed E-state index contributed by atoms with van der Waals surface area (Å²) < 4.78 is 15.6. The van der Waals surface area contributed by atoms with Gasteiger partial charge in [0, 0.05) is 20.2 Å². The van der Waals surface area contributed by atoms with E-state index in [0.29, 0.717) is 19.2 Å². The maximum atomic E-state index is 11.4. The average Bonchev–Trinajstić information content (AvgIpc) is 2.99. The monoisotopic (exact) mass is 254 g/mol. The predicted octanol–water partition coefficient (Wildman–Crippen LogP) is 1.47.